The number of aliphatic hydroxyl groups excluding tert-OH is 1. The lowest BCUT2D eigenvalue weighted by Gasteiger charge is -2.23. The van der Waals surface area contributed by atoms with Crippen LogP contribution in [0.5, 0.6) is 17.2 Å². The third-order valence-corrected chi connectivity index (χ3v) is 6.94. The number of ketones is 1. The van der Waals surface area contributed by atoms with Crippen LogP contribution in [-0.2, 0) is 14.3 Å². The molecule has 0 spiro atoms. The van der Waals surface area contributed by atoms with E-state index in [1.165, 1.54) is 25.3 Å². The molecule has 3 heterocycles. The number of aryl methyl sites for hydroxylation is 1. The van der Waals surface area contributed by atoms with Crippen molar-refractivity contribution in [1.82, 2.24) is 4.98 Å². The number of aromatic hydroxyl groups is 1. The van der Waals surface area contributed by atoms with Crippen molar-refractivity contribution in [2.45, 2.75) is 13.0 Å². The zero-order valence-electron chi connectivity index (χ0n) is 19.2. The normalized spacial score (nSPS) is 18.4. The molecule has 0 saturated carbocycles. The summed E-state index contributed by atoms with van der Waals surface area (Å²) in [4.78, 5) is 44.4. The Hall–Kier alpha value is -4.38. The van der Waals surface area contributed by atoms with E-state index in [1.54, 1.807) is 31.2 Å². The maximum absolute atomic E-state index is 13.3. The Morgan fingerprint density at radius 3 is 2.61 bits per heavy atom. The SMILES string of the molecule is COC(=O)c1sc(N2C(=O)C(=O)/C(=C(/O)c3ccc4c(c3)OCCO4)C2c2cccc(O)c2)nc1C. The van der Waals surface area contributed by atoms with Crippen LogP contribution >= 0.6 is 11.3 Å². The number of nitrogens with zero attached hydrogens (tertiary/aromatic N) is 2. The molecule has 2 aliphatic rings. The fraction of sp³-hybridized carbons (Fsp3) is 0.200. The third-order valence-electron chi connectivity index (χ3n) is 5.81. The fourth-order valence-electron chi connectivity index (χ4n) is 4.15. The van der Waals surface area contributed by atoms with Crippen LogP contribution in [0, 0.1) is 6.92 Å². The number of amides is 1. The minimum atomic E-state index is -1.12. The highest BCUT2D eigenvalue weighted by molar-refractivity contribution is 7.17. The van der Waals surface area contributed by atoms with E-state index in [4.69, 9.17) is 14.2 Å². The number of methoxy groups -OCH3 is 1. The van der Waals surface area contributed by atoms with Gasteiger partial charge in [-0.3, -0.25) is 14.5 Å². The van der Waals surface area contributed by atoms with Crippen LogP contribution in [0.4, 0.5) is 5.13 Å². The zero-order chi connectivity index (χ0) is 25.6. The van der Waals surface area contributed by atoms with E-state index in [9.17, 15) is 24.6 Å². The number of aromatic nitrogens is 1. The number of esters is 1. The highest BCUT2D eigenvalue weighted by Crippen LogP contribution is 2.45. The van der Waals surface area contributed by atoms with Crippen LogP contribution in [0.15, 0.2) is 48.0 Å². The van der Waals surface area contributed by atoms with Crippen LogP contribution in [0.2, 0.25) is 0 Å². The van der Waals surface area contributed by atoms with Crippen LogP contribution in [-0.4, -0.2) is 53.2 Å². The van der Waals surface area contributed by atoms with E-state index in [0.717, 1.165) is 16.2 Å². The Kier molecular flexibility index (Phi) is 5.84. The Labute approximate surface area is 209 Å². The number of phenolic OH excluding ortho intramolecular Hbond substituents is 1. The minimum Gasteiger partial charge on any atom is -0.508 e. The molecule has 1 fully saturated rings. The average Bonchev–Trinajstić information content (AvgIpc) is 3.39. The van der Waals surface area contributed by atoms with Crippen molar-refractivity contribution in [1.29, 1.82) is 0 Å². The Balaban J connectivity index is 1.69. The predicted molar refractivity (Wildman–Crippen MR) is 129 cm³/mol. The van der Waals surface area contributed by atoms with Crippen molar-refractivity contribution in [2.24, 2.45) is 0 Å². The standard InChI is InChI=1S/C25H20N2O8S/c1-12-22(24(32)33-2)36-25(26-12)27-19(13-4-3-5-15(28)10-13)18(21(30)23(27)31)20(29)14-6-7-16-17(11-14)35-9-8-34-16/h3-7,10-11,19,28-29H,8-9H2,1-2H3/b20-18+. The van der Waals surface area contributed by atoms with Gasteiger partial charge in [0.1, 0.15) is 29.6 Å². The van der Waals surface area contributed by atoms with Gasteiger partial charge in [-0.25, -0.2) is 9.78 Å². The summed E-state index contributed by atoms with van der Waals surface area (Å²) in [5.74, 6) is -2.14. The van der Waals surface area contributed by atoms with Crippen LogP contribution < -0.4 is 14.4 Å². The average molecular weight is 509 g/mol. The number of thiazole rings is 1. The number of hydrogen-bond acceptors (Lipinski definition) is 10. The summed E-state index contributed by atoms with van der Waals surface area (Å²) in [7, 11) is 1.23. The summed E-state index contributed by atoms with van der Waals surface area (Å²) in [6.45, 7) is 2.31. The summed E-state index contributed by atoms with van der Waals surface area (Å²) in [6.07, 6.45) is 0. The first kappa shape index (κ1) is 23.4. The second-order valence-electron chi connectivity index (χ2n) is 8.03. The van der Waals surface area contributed by atoms with E-state index in [2.05, 4.69) is 4.98 Å². The second-order valence-corrected chi connectivity index (χ2v) is 9.00. The Bertz CT molecular complexity index is 1440. The molecular formula is C25H20N2O8S. The molecule has 2 aromatic carbocycles. The van der Waals surface area contributed by atoms with E-state index < -0.39 is 29.5 Å². The van der Waals surface area contributed by atoms with Gasteiger partial charge in [0.05, 0.1) is 24.4 Å². The van der Waals surface area contributed by atoms with Crippen molar-refractivity contribution in [3.8, 4) is 17.2 Å². The molecule has 36 heavy (non-hydrogen) atoms. The maximum atomic E-state index is 13.3. The monoisotopic (exact) mass is 508 g/mol. The highest BCUT2D eigenvalue weighted by atomic mass is 32.1. The number of rotatable bonds is 4. The first-order valence-corrected chi connectivity index (χ1v) is 11.7. The summed E-state index contributed by atoms with van der Waals surface area (Å²) < 4.78 is 15.9. The lowest BCUT2D eigenvalue weighted by atomic mass is 9.95. The molecule has 2 aliphatic heterocycles. The lowest BCUT2D eigenvalue weighted by Crippen LogP contribution is -2.29. The molecule has 0 bridgehead atoms. The highest BCUT2D eigenvalue weighted by Gasteiger charge is 2.48. The third kappa shape index (κ3) is 3.83. The maximum Gasteiger partial charge on any atom is 0.350 e. The Morgan fingerprint density at radius 1 is 1.14 bits per heavy atom. The number of carbonyl (C=O) groups excluding carboxylic acids is 3. The number of benzene rings is 2. The van der Waals surface area contributed by atoms with Crippen molar-refractivity contribution >= 4 is 39.9 Å². The van der Waals surface area contributed by atoms with Gasteiger partial charge in [-0.15, -0.1) is 0 Å². The number of fused-ring (bicyclic) bond motifs is 1. The summed E-state index contributed by atoms with van der Waals surface area (Å²) in [6, 6.07) is 9.57. The van der Waals surface area contributed by atoms with Gasteiger partial charge in [0.15, 0.2) is 16.6 Å². The van der Waals surface area contributed by atoms with Gasteiger partial charge < -0.3 is 24.4 Å². The number of hydrogen-bond donors (Lipinski definition) is 2. The number of carbonyl (C=O) groups is 3. The summed E-state index contributed by atoms with van der Waals surface area (Å²) in [5, 5.41) is 21.5. The van der Waals surface area contributed by atoms with Crippen LogP contribution in [0.1, 0.15) is 32.5 Å². The number of Topliss-reactive ketones (excluding diaryl/α,β-unsaturated/α-hetero) is 1. The molecule has 10 nitrogen and oxygen atoms in total. The van der Waals surface area contributed by atoms with Crippen molar-refractivity contribution in [3.05, 3.63) is 69.7 Å². The quantitative estimate of drug-likeness (QED) is 0.235. The predicted octanol–water partition coefficient (Wildman–Crippen LogP) is 3.34. The molecule has 0 radical (unpaired) electrons. The molecule has 1 amide bonds. The smallest absolute Gasteiger partial charge is 0.350 e. The van der Waals surface area contributed by atoms with Gasteiger partial charge in [-0.05, 0) is 42.8 Å². The molecule has 2 N–H and O–H groups in total. The Morgan fingerprint density at radius 2 is 1.89 bits per heavy atom. The summed E-state index contributed by atoms with van der Waals surface area (Å²) >= 11 is 0.890. The molecule has 1 aromatic heterocycles. The van der Waals surface area contributed by atoms with E-state index in [1.807, 2.05) is 0 Å². The number of ether oxygens (including phenoxy) is 3. The second kappa shape index (κ2) is 9.00. The molecule has 1 unspecified atom stereocenters. The van der Waals surface area contributed by atoms with Crippen molar-refractivity contribution in [3.63, 3.8) is 0 Å². The largest absolute Gasteiger partial charge is 0.508 e. The molecule has 11 heteroatoms. The lowest BCUT2D eigenvalue weighted by molar-refractivity contribution is -0.132. The van der Waals surface area contributed by atoms with Gasteiger partial charge in [0.2, 0.25) is 0 Å². The van der Waals surface area contributed by atoms with Gasteiger partial charge in [0.25, 0.3) is 5.78 Å². The van der Waals surface area contributed by atoms with E-state index >= 15 is 0 Å². The molecular weight excluding hydrogens is 488 g/mol. The van der Waals surface area contributed by atoms with Gasteiger partial charge >= 0.3 is 11.9 Å². The fourth-order valence-corrected chi connectivity index (χ4v) is 5.17. The molecule has 3 aromatic rings. The van der Waals surface area contributed by atoms with E-state index in [-0.39, 0.29) is 26.9 Å². The van der Waals surface area contributed by atoms with Gasteiger partial charge in [0, 0.05) is 5.56 Å². The number of aliphatic hydroxyl groups is 1. The number of phenols is 1. The van der Waals surface area contributed by atoms with Crippen LogP contribution in [0.25, 0.3) is 5.76 Å². The first-order chi connectivity index (χ1) is 17.3. The summed E-state index contributed by atoms with van der Waals surface area (Å²) in [5.41, 5.74) is 0.730. The zero-order valence-corrected chi connectivity index (χ0v) is 20.0. The van der Waals surface area contributed by atoms with Gasteiger partial charge in [-0.2, -0.15) is 0 Å². The topological polar surface area (TPSA) is 135 Å². The van der Waals surface area contributed by atoms with Crippen molar-refractivity contribution < 1.29 is 38.8 Å². The number of anilines is 1. The molecule has 5 rings (SSSR count). The molecule has 1 atom stereocenters. The molecule has 0 aliphatic carbocycles. The minimum absolute atomic E-state index is 0.0737. The van der Waals surface area contributed by atoms with Crippen LogP contribution in [0.3, 0.4) is 0 Å². The molecule has 1 saturated heterocycles. The molecule has 184 valence electrons. The van der Waals surface area contributed by atoms with Crippen molar-refractivity contribution in [2.75, 3.05) is 25.2 Å². The van der Waals surface area contributed by atoms with E-state index in [0.29, 0.717) is 36.0 Å². The first-order valence-electron chi connectivity index (χ1n) is 10.9. The van der Waals surface area contributed by atoms with Gasteiger partial charge in [-0.1, -0.05) is 23.5 Å².